The van der Waals surface area contributed by atoms with E-state index in [4.69, 9.17) is 16.0 Å². The molecule has 6 nitrogen and oxygen atoms in total. The summed E-state index contributed by atoms with van der Waals surface area (Å²) in [6, 6.07) is 7.28. The lowest BCUT2D eigenvalue weighted by atomic mass is 10.2. The maximum Gasteiger partial charge on any atom is 0.247 e. The topological polar surface area (TPSA) is 71.3 Å². The second kappa shape index (κ2) is 7.57. The molecule has 2 heterocycles. The molecule has 7 heteroatoms. The average molecular weight is 335 g/mol. The molecule has 23 heavy (non-hydrogen) atoms. The van der Waals surface area contributed by atoms with Crippen LogP contribution in [0.4, 0.5) is 0 Å². The fourth-order valence-corrected chi connectivity index (χ4v) is 2.69. The van der Waals surface area contributed by atoms with Gasteiger partial charge in [0.05, 0.1) is 6.54 Å². The van der Waals surface area contributed by atoms with Gasteiger partial charge in [-0.15, -0.1) is 10.2 Å². The number of carbonyl (C=O) groups is 1. The molecule has 122 valence electrons. The summed E-state index contributed by atoms with van der Waals surface area (Å²) in [5.41, 5.74) is 0.848. The highest BCUT2D eigenvalue weighted by molar-refractivity contribution is 6.30. The molecule has 1 amide bonds. The van der Waals surface area contributed by atoms with Gasteiger partial charge in [0.25, 0.3) is 0 Å². The fraction of sp³-hybridized carbons (Fsp3) is 0.438. The van der Waals surface area contributed by atoms with Gasteiger partial charge >= 0.3 is 0 Å². The van der Waals surface area contributed by atoms with Crippen LogP contribution in [0.5, 0.6) is 0 Å². The summed E-state index contributed by atoms with van der Waals surface area (Å²) in [5.74, 6) is 1.31. The van der Waals surface area contributed by atoms with Gasteiger partial charge in [0, 0.05) is 30.1 Å². The third kappa shape index (κ3) is 4.30. The van der Waals surface area contributed by atoms with Crippen molar-refractivity contribution in [3.63, 3.8) is 0 Å². The summed E-state index contributed by atoms with van der Waals surface area (Å²) in [6.07, 6.45) is 2.61. The molecule has 0 radical (unpaired) electrons. The van der Waals surface area contributed by atoms with E-state index < -0.39 is 0 Å². The summed E-state index contributed by atoms with van der Waals surface area (Å²) in [5, 5.41) is 12.0. The first-order valence-corrected chi connectivity index (χ1v) is 8.17. The molecular formula is C16H19ClN4O2. The molecule has 2 aromatic rings. The number of hydrogen-bond acceptors (Lipinski definition) is 5. The Balaban J connectivity index is 1.41. The summed E-state index contributed by atoms with van der Waals surface area (Å²) in [7, 11) is 0. The second-order valence-corrected chi connectivity index (χ2v) is 5.96. The third-order valence-corrected chi connectivity index (χ3v) is 4.04. The SMILES string of the molecule is O=C1CCCN1CCCNCc1nnc(-c2ccc(Cl)cc2)o1. The Morgan fingerprint density at radius 1 is 1.26 bits per heavy atom. The molecule has 0 bridgehead atoms. The van der Waals surface area contributed by atoms with Crippen LogP contribution in [-0.4, -0.2) is 40.6 Å². The van der Waals surface area contributed by atoms with Crippen LogP contribution >= 0.6 is 11.6 Å². The number of rotatable bonds is 7. The Hall–Kier alpha value is -1.92. The van der Waals surface area contributed by atoms with Gasteiger partial charge < -0.3 is 14.6 Å². The Morgan fingerprint density at radius 3 is 2.83 bits per heavy atom. The number of likely N-dealkylation sites (tertiary alicyclic amines) is 1. The van der Waals surface area contributed by atoms with Crippen LogP contribution in [0.1, 0.15) is 25.2 Å². The molecule has 1 N–H and O–H groups in total. The zero-order valence-corrected chi connectivity index (χ0v) is 13.6. The molecular weight excluding hydrogens is 316 g/mol. The quantitative estimate of drug-likeness (QED) is 0.788. The van der Waals surface area contributed by atoms with E-state index in [1.165, 1.54) is 0 Å². The van der Waals surface area contributed by atoms with Crippen molar-refractivity contribution >= 4 is 17.5 Å². The zero-order valence-electron chi connectivity index (χ0n) is 12.8. The Kier molecular flexibility index (Phi) is 5.25. The monoisotopic (exact) mass is 334 g/mol. The van der Waals surface area contributed by atoms with Gasteiger partial charge in [0.2, 0.25) is 17.7 Å². The fourth-order valence-electron chi connectivity index (χ4n) is 2.56. The smallest absolute Gasteiger partial charge is 0.247 e. The first-order valence-electron chi connectivity index (χ1n) is 7.79. The lowest BCUT2D eigenvalue weighted by molar-refractivity contribution is -0.127. The van der Waals surface area contributed by atoms with E-state index in [9.17, 15) is 4.79 Å². The molecule has 0 aliphatic carbocycles. The van der Waals surface area contributed by atoms with Gasteiger partial charge in [-0.1, -0.05) is 11.6 Å². The first-order chi connectivity index (χ1) is 11.2. The van der Waals surface area contributed by atoms with Crippen molar-refractivity contribution in [1.82, 2.24) is 20.4 Å². The maximum absolute atomic E-state index is 11.5. The lowest BCUT2D eigenvalue weighted by Gasteiger charge is -2.14. The first kappa shape index (κ1) is 16.0. The van der Waals surface area contributed by atoms with E-state index in [-0.39, 0.29) is 5.91 Å². The van der Waals surface area contributed by atoms with Crippen molar-refractivity contribution in [2.45, 2.75) is 25.8 Å². The van der Waals surface area contributed by atoms with Crippen LogP contribution in [0.3, 0.4) is 0 Å². The highest BCUT2D eigenvalue weighted by Crippen LogP contribution is 2.20. The number of nitrogens with zero attached hydrogens (tertiary/aromatic N) is 3. The van der Waals surface area contributed by atoms with E-state index in [1.807, 2.05) is 17.0 Å². The lowest BCUT2D eigenvalue weighted by Crippen LogP contribution is -2.28. The van der Waals surface area contributed by atoms with E-state index >= 15 is 0 Å². The summed E-state index contributed by atoms with van der Waals surface area (Å²) in [6.45, 7) is 3.04. The zero-order chi connectivity index (χ0) is 16.1. The van der Waals surface area contributed by atoms with E-state index in [1.54, 1.807) is 12.1 Å². The molecule has 0 atom stereocenters. The third-order valence-electron chi connectivity index (χ3n) is 3.79. The summed E-state index contributed by atoms with van der Waals surface area (Å²) >= 11 is 5.86. The normalized spacial score (nSPS) is 14.7. The number of carbonyl (C=O) groups excluding carboxylic acids is 1. The van der Waals surface area contributed by atoms with Crippen molar-refractivity contribution in [2.75, 3.05) is 19.6 Å². The highest BCUT2D eigenvalue weighted by Gasteiger charge is 2.18. The molecule has 3 rings (SSSR count). The van der Waals surface area contributed by atoms with Crippen LogP contribution in [0.2, 0.25) is 5.02 Å². The van der Waals surface area contributed by atoms with Crippen LogP contribution in [0, 0.1) is 0 Å². The van der Waals surface area contributed by atoms with Crippen molar-refractivity contribution in [3.8, 4) is 11.5 Å². The Bertz CT molecular complexity index is 656. The minimum absolute atomic E-state index is 0.273. The molecule has 1 aliphatic heterocycles. The standard InChI is InChI=1S/C16H19ClN4O2/c17-13-6-4-12(5-7-13)16-20-19-14(23-16)11-18-8-2-10-21-9-1-3-15(21)22/h4-7,18H,1-3,8-11H2. The predicted octanol–water partition coefficient (Wildman–Crippen LogP) is 2.49. The molecule has 0 spiro atoms. The number of benzene rings is 1. The van der Waals surface area contributed by atoms with Gasteiger partial charge in [-0.3, -0.25) is 4.79 Å². The molecule has 0 saturated carbocycles. The van der Waals surface area contributed by atoms with Crippen molar-refractivity contribution in [1.29, 1.82) is 0 Å². The van der Waals surface area contributed by atoms with Gasteiger partial charge in [0.1, 0.15) is 0 Å². The largest absolute Gasteiger partial charge is 0.419 e. The number of halogens is 1. The van der Waals surface area contributed by atoms with Crippen molar-refractivity contribution in [3.05, 3.63) is 35.2 Å². The summed E-state index contributed by atoms with van der Waals surface area (Å²) < 4.78 is 5.61. The van der Waals surface area contributed by atoms with Gasteiger partial charge in [-0.2, -0.15) is 0 Å². The van der Waals surface area contributed by atoms with E-state index in [0.717, 1.165) is 38.0 Å². The van der Waals surface area contributed by atoms with Crippen LogP contribution in [0.25, 0.3) is 11.5 Å². The van der Waals surface area contributed by atoms with Crippen LogP contribution in [0.15, 0.2) is 28.7 Å². The van der Waals surface area contributed by atoms with Crippen LogP contribution in [-0.2, 0) is 11.3 Å². The Morgan fingerprint density at radius 2 is 2.09 bits per heavy atom. The Labute approximate surface area is 139 Å². The van der Waals surface area contributed by atoms with Crippen molar-refractivity contribution < 1.29 is 9.21 Å². The second-order valence-electron chi connectivity index (χ2n) is 5.52. The molecule has 1 fully saturated rings. The molecule has 1 aromatic heterocycles. The predicted molar refractivity (Wildman–Crippen MR) is 86.9 cm³/mol. The van der Waals surface area contributed by atoms with E-state index in [2.05, 4.69) is 15.5 Å². The maximum atomic E-state index is 11.5. The van der Waals surface area contributed by atoms with Gasteiger partial charge in [0.15, 0.2) is 0 Å². The number of hydrogen-bond donors (Lipinski definition) is 1. The average Bonchev–Trinajstić information content (AvgIpc) is 3.17. The van der Waals surface area contributed by atoms with Gasteiger partial charge in [-0.25, -0.2) is 0 Å². The minimum Gasteiger partial charge on any atom is -0.419 e. The van der Waals surface area contributed by atoms with Crippen LogP contribution < -0.4 is 5.32 Å². The molecule has 0 unspecified atom stereocenters. The molecule has 1 aliphatic rings. The minimum atomic E-state index is 0.273. The number of amides is 1. The van der Waals surface area contributed by atoms with Gasteiger partial charge in [-0.05, 0) is 43.7 Å². The van der Waals surface area contributed by atoms with E-state index in [0.29, 0.717) is 29.8 Å². The number of aromatic nitrogens is 2. The number of nitrogens with one attached hydrogen (secondary N) is 1. The van der Waals surface area contributed by atoms with Crippen molar-refractivity contribution in [2.24, 2.45) is 0 Å². The molecule has 1 saturated heterocycles. The molecule has 1 aromatic carbocycles. The highest BCUT2D eigenvalue weighted by atomic mass is 35.5. The summed E-state index contributed by atoms with van der Waals surface area (Å²) in [4.78, 5) is 13.4.